The molecule has 0 aliphatic carbocycles. The molecule has 3 rings (SSSR count). The van der Waals surface area contributed by atoms with Crippen LogP contribution in [0.15, 0.2) is 66.7 Å². The largest absolute Gasteiger partial charge is 0.454 e. The Hall–Kier alpha value is -2.69. The third-order valence-corrected chi connectivity index (χ3v) is 4.47. The van der Waals surface area contributed by atoms with Crippen LogP contribution in [0.3, 0.4) is 0 Å². The summed E-state index contributed by atoms with van der Waals surface area (Å²) in [6, 6.07) is 20.6. The highest BCUT2D eigenvalue weighted by atomic mass is 35.5. The van der Waals surface area contributed by atoms with Gasteiger partial charge in [-0.3, -0.25) is 4.79 Å². The van der Waals surface area contributed by atoms with Gasteiger partial charge in [0.25, 0.3) is 0 Å². The Morgan fingerprint density at radius 2 is 1.57 bits per heavy atom. The van der Waals surface area contributed by atoms with Crippen LogP contribution in [0.5, 0.6) is 17.2 Å². The first-order valence-electron chi connectivity index (χ1n) is 8.80. The fourth-order valence-electron chi connectivity index (χ4n) is 2.46. The predicted molar refractivity (Wildman–Crippen MR) is 113 cm³/mol. The average molecular weight is 416 g/mol. The van der Waals surface area contributed by atoms with Gasteiger partial charge in [0, 0.05) is 30.8 Å². The van der Waals surface area contributed by atoms with Crippen LogP contribution in [-0.4, -0.2) is 5.97 Å². The molecule has 3 aromatic carbocycles. The zero-order valence-corrected chi connectivity index (χ0v) is 16.8. The molecule has 0 aliphatic heterocycles. The molecule has 0 saturated heterocycles. The minimum Gasteiger partial charge on any atom is -0.454 e. The van der Waals surface area contributed by atoms with E-state index >= 15 is 0 Å². The van der Waals surface area contributed by atoms with Crippen molar-refractivity contribution in [3.8, 4) is 17.2 Å². The van der Waals surface area contributed by atoms with E-state index in [1.165, 1.54) is 17.7 Å². The van der Waals surface area contributed by atoms with Crippen molar-refractivity contribution >= 4 is 34.9 Å². The van der Waals surface area contributed by atoms with Crippen LogP contribution < -0.4 is 14.8 Å². The maximum atomic E-state index is 11.4. The number of rotatable bonds is 7. The van der Waals surface area contributed by atoms with Crippen molar-refractivity contribution in [2.75, 3.05) is 5.32 Å². The van der Waals surface area contributed by atoms with E-state index < -0.39 is 0 Å². The number of esters is 1. The summed E-state index contributed by atoms with van der Waals surface area (Å²) >= 11 is 12.5. The van der Waals surface area contributed by atoms with Gasteiger partial charge in [-0.2, -0.15) is 0 Å². The second-order valence-corrected chi connectivity index (χ2v) is 6.82. The zero-order valence-electron chi connectivity index (χ0n) is 15.2. The predicted octanol–water partition coefficient (Wildman–Crippen LogP) is 6.71. The van der Waals surface area contributed by atoms with Gasteiger partial charge >= 0.3 is 5.97 Å². The Bertz CT molecular complexity index is 921. The highest BCUT2D eigenvalue weighted by Gasteiger charge is 2.13. The molecular formula is C22H19Cl2NO3. The van der Waals surface area contributed by atoms with Gasteiger partial charge in [-0.25, -0.2) is 0 Å². The fourth-order valence-corrected chi connectivity index (χ4v) is 3.00. The number of hydrogen-bond donors (Lipinski definition) is 1. The van der Waals surface area contributed by atoms with Crippen molar-refractivity contribution in [3.63, 3.8) is 0 Å². The standard InChI is InChI=1S/C22H19Cl2NO3/c1-2-21(26)27-18-12-19(23)22(20(24)13-18)28-17-10-8-16(9-11-17)25-14-15-6-4-3-5-7-15/h3-13,25H,2,14H2,1H3. The summed E-state index contributed by atoms with van der Waals surface area (Å²) in [6.45, 7) is 2.44. The second kappa shape index (κ2) is 9.49. The Morgan fingerprint density at radius 1 is 0.929 bits per heavy atom. The highest BCUT2D eigenvalue weighted by molar-refractivity contribution is 6.37. The molecule has 6 heteroatoms. The van der Waals surface area contributed by atoms with Crippen molar-refractivity contribution in [2.24, 2.45) is 0 Å². The van der Waals surface area contributed by atoms with Crippen molar-refractivity contribution in [2.45, 2.75) is 19.9 Å². The second-order valence-electron chi connectivity index (χ2n) is 6.01. The topological polar surface area (TPSA) is 47.6 Å². The lowest BCUT2D eigenvalue weighted by molar-refractivity contribution is -0.134. The zero-order chi connectivity index (χ0) is 19.9. The van der Waals surface area contributed by atoms with Gasteiger partial charge in [0.05, 0.1) is 10.0 Å². The SMILES string of the molecule is CCC(=O)Oc1cc(Cl)c(Oc2ccc(NCc3ccccc3)cc2)c(Cl)c1. The van der Waals surface area contributed by atoms with Crippen LogP contribution in [0.2, 0.25) is 10.0 Å². The number of carbonyl (C=O) groups excluding carboxylic acids is 1. The quantitative estimate of drug-likeness (QED) is 0.343. The van der Waals surface area contributed by atoms with Gasteiger partial charge in [0.2, 0.25) is 0 Å². The van der Waals surface area contributed by atoms with Crippen LogP contribution in [0.25, 0.3) is 0 Å². The molecule has 4 nitrogen and oxygen atoms in total. The molecule has 1 N–H and O–H groups in total. The van der Waals surface area contributed by atoms with E-state index in [-0.39, 0.29) is 28.2 Å². The molecule has 0 heterocycles. The van der Waals surface area contributed by atoms with E-state index in [0.717, 1.165) is 12.2 Å². The minimum absolute atomic E-state index is 0.262. The number of carbonyl (C=O) groups is 1. The number of anilines is 1. The first-order chi connectivity index (χ1) is 13.5. The number of benzene rings is 3. The van der Waals surface area contributed by atoms with Crippen molar-refractivity contribution in [1.82, 2.24) is 0 Å². The van der Waals surface area contributed by atoms with Gasteiger partial charge in [-0.1, -0.05) is 60.5 Å². The summed E-state index contributed by atoms with van der Waals surface area (Å²) in [7, 11) is 0. The molecule has 3 aromatic rings. The van der Waals surface area contributed by atoms with Gasteiger partial charge in [-0.15, -0.1) is 0 Å². The number of halogens is 2. The van der Waals surface area contributed by atoms with E-state index in [1.54, 1.807) is 6.92 Å². The molecule has 0 spiro atoms. The van der Waals surface area contributed by atoms with Gasteiger partial charge in [-0.05, 0) is 29.8 Å². The van der Waals surface area contributed by atoms with Crippen LogP contribution in [0.4, 0.5) is 5.69 Å². The van der Waals surface area contributed by atoms with E-state index in [4.69, 9.17) is 32.7 Å². The number of nitrogens with one attached hydrogen (secondary N) is 1. The molecule has 0 radical (unpaired) electrons. The molecule has 0 amide bonds. The summed E-state index contributed by atoms with van der Waals surface area (Å²) < 4.78 is 10.9. The molecule has 0 fully saturated rings. The van der Waals surface area contributed by atoms with Crippen LogP contribution >= 0.6 is 23.2 Å². The Balaban J connectivity index is 1.66. The average Bonchev–Trinajstić information content (AvgIpc) is 2.71. The molecule has 0 aromatic heterocycles. The summed E-state index contributed by atoms with van der Waals surface area (Å²) in [5.74, 6) is 0.825. The van der Waals surface area contributed by atoms with E-state index in [9.17, 15) is 4.79 Å². The highest BCUT2D eigenvalue weighted by Crippen LogP contribution is 2.39. The monoisotopic (exact) mass is 415 g/mol. The van der Waals surface area contributed by atoms with Crippen LogP contribution in [0.1, 0.15) is 18.9 Å². The van der Waals surface area contributed by atoms with Crippen LogP contribution in [0, 0.1) is 0 Å². The fraction of sp³-hybridized carbons (Fsp3) is 0.136. The van der Waals surface area contributed by atoms with Crippen LogP contribution in [-0.2, 0) is 11.3 Å². The minimum atomic E-state index is -0.362. The van der Waals surface area contributed by atoms with Gasteiger partial charge in [0.1, 0.15) is 11.5 Å². The summed E-state index contributed by atoms with van der Waals surface area (Å²) in [5.41, 5.74) is 2.17. The Morgan fingerprint density at radius 3 is 2.18 bits per heavy atom. The first-order valence-corrected chi connectivity index (χ1v) is 9.56. The molecule has 0 unspecified atom stereocenters. The molecule has 28 heavy (non-hydrogen) atoms. The lowest BCUT2D eigenvalue weighted by Gasteiger charge is -2.12. The summed E-state index contributed by atoms with van der Waals surface area (Å²) in [5, 5.41) is 3.87. The summed E-state index contributed by atoms with van der Waals surface area (Å²) in [4.78, 5) is 11.4. The number of hydrogen-bond acceptors (Lipinski definition) is 4. The van der Waals surface area contributed by atoms with E-state index in [2.05, 4.69) is 17.4 Å². The normalized spacial score (nSPS) is 10.4. The molecule has 0 bridgehead atoms. The van der Waals surface area contributed by atoms with E-state index in [0.29, 0.717) is 11.5 Å². The third-order valence-electron chi connectivity index (χ3n) is 3.91. The van der Waals surface area contributed by atoms with Crippen molar-refractivity contribution in [1.29, 1.82) is 0 Å². The Kier molecular flexibility index (Phi) is 6.80. The molecular weight excluding hydrogens is 397 g/mol. The lowest BCUT2D eigenvalue weighted by Crippen LogP contribution is -2.05. The van der Waals surface area contributed by atoms with Gasteiger partial charge in [0.15, 0.2) is 5.75 Å². The summed E-state index contributed by atoms with van der Waals surface area (Å²) in [6.07, 6.45) is 0.262. The first kappa shape index (κ1) is 20.1. The molecule has 0 atom stereocenters. The molecule has 144 valence electrons. The molecule has 0 saturated carbocycles. The molecule has 0 aliphatic rings. The van der Waals surface area contributed by atoms with Crippen molar-refractivity contribution in [3.05, 3.63) is 82.3 Å². The van der Waals surface area contributed by atoms with E-state index in [1.807, 2.05) is 42.5 Å². The maximum absolute atomic E-state index is 11.4. The van der Waals surface area contributed by atoms with Crippen molar-refractivity contribution < 1.29 is 14.3 Å². The smallest absolute Gasteiger partial charge is 0.310 e. The Labute approximate surface area is 174 Å². The lowest BCUT2D eigenvalue weighted by atomic mass is 10.2. The third kappa shape index (κ3) is 5.41. The maximum Gasteiger partial charge on any atom is 0.310 e. The van der Waals surface area contributed by atoms with Gasteiger partial charge < -0.3 is 14.8 Å². The number of ether oxygens (including phenoxy) is 2.